The molecule has 9 heteroatoms. The lowest BCUT2D eigenvalue weighted by atomic mass is 10.1. The van der Waals surface area contributed by atoms with Gasteiger partial charge in [0.05, 0.1) is 16.5 Å². The molecular weight excluding hydrogens is 316 g/mol. The second-order valence-corrected chi connectivity index (χ2v) is 6.17. The Morgan fingerprint density at radius 2 is 2.17 bits per heavy atom. The van der Waals surface area contributed by atoms with Crippen LogP contribution in [0.5, 0.6) is 0 Å². The van der Waals surface area contributed by atoms with E-state index in [4.69, 9.17) is 10.2 Å². The van der Waals surface area contributed by atoms with Crippen LogP contribution in [0.2, 0.25) is 0 Å². The average molecular weight is 336 g/mol. The number of nitrogens with zero attached hydrogens (tertiary/aromatic N) is 2. The van der Waals surface area contributed by atoms with Gasteiger partial charge in [0.1, 0.15) is 0 Å². The van der Waals surface area contributed by atoms with Crippen LogP contribution in [-0.2, 0) is 11.3 Å². The minimum absolute atomic E-state index is 0.146. The SMILES string of the molecule is CC(C)(CN)NC(=O)CCCn1c(=O)oc2cc([N+](=O)[O-])ccc21. The third-order valence-electron chi connectivity index (χ3n) is 3.64. The maximum absolute atomic E-state index is 11.9. The third-order valence-corrected chi connectivity index (χ3v) is 3.64. The Morgan fingerprint density at radius 1 is 1.46 bits per heavy atom. The smallest absolute Gasteiger partial charge is 0.407 e. The molecule has 0 saturated carbocycles. The lowest BCUT2D eigenvalue weighted by molar-refractivity contribution is -0.384. The van der Waals surface area contributed by atoms with Gasteiger partial charge in [-0.3, -0.25) is 19.5 Å². The number of benzene rings is 1. The zero-order valence-corrected chi connectivity index (χ0v) is 13.6. The van der Waals surface area contributed by atoms with Gasteiger partial charge in [0.2, 0.25) is 5.91 Å². The number of hydrogen-bond donors (Lipinski definition) is 2. The number of non-ortho nitro benzene ring substituents is 1. The lowest BCUT2D eigenvalue weighted by Crippen LogP contribution is -2.48. The largest absolute Gasteiger partial charge is 0.419 e. The highest BCUT2D eigenvalue weighted by Crippen LogP contribution is 2.20. The molecule has 1 heterocycles. The van der Waals surface area contributed by atoms with E-state index < -0.39 is 16.2 Å². The zero-order valence-electron chi connectivity index (χ0n) is 13.6. The summed E-state index contributed by atoms with van der Waals surface area (Å²) in [6.07, 6.45) is 0.660. The first-order chi connectivity index (χ1) is 11.2. The van der Waals surface area contributed by atoms with Crippen molar-refractivity contribution in [2.45, 2.75) is 38.8 Å². The van der Waals surface area contributed by atoms with Gasteiger partial charge in [-0.25, -0.2) is 4.79 Å². The van der Waals surface area contributed by atoms with Crippen LogP contribution in [0.4, 0.5) is 5.69 Å². The number of carbonyl (C=O) groups is 1. The molecule has 1 amide bonds. The van der Waals surface area contributed by atoms with Crippen LogP contribution in [0.3, 0.4) is 0 Å². The molecule has 0 atom stereocenters. The zero-order chi connectivity index (χ0) is 17.9. The molecule has 0 bridgehead atoms. The van der Waals surface area contributed by atoms with Crippen molar-refractivity contribution >= 4 is 22.7 Å². The Bertz CT molecular complexity index is 821. The lowest BCUT2D eigenvalue weighted by Gasteiger charge is -2.24. The number of nitro benzene ring substituents is 1. The van der Waals surface area contributed by atoms with Gasteiger partial charge in [-0.05, 0) is 26.3 Å². The number of nitro groups is 1. The topological polar surface area (TPSA) is 133 Å². The first-order valence-corrected chi connectivity index (χ1v) is 7.52. The van der Waals surface area contributed by atoms with Crippen molar-refractivity contribution in [2.24, 2.45) is 5.73 Å². The maximum Gasteiger partial charge on any atom is 0.419 e. The molecule has 0 saturated heterocycles. The minimum Gasteiger partial charge on any atom is -0.407 e. The summed E-state index contributed by atoms with van der Waals surface area (Å²) in [5.41, 5.74) is 5.55. The molecule has 3 N–H and O–H groups in total. The van der Waals surface area contributed by atoms with Crippen LogP contribution >= 0.6 is 0 Å². The van der Waals surface area contributed by atoms with Gasteiger partial charge < -0.3 is 15.5 Å². The number of fused-ring (bicyclic) bond motifs is 1. The van der Waals surface area contributed by atoms with E-state index in [2.05, 4.69) is 5.32 Å². The highest BCUT2D eigenvalue weighted by molar-refractivity contribution is 5.77. The minimum atomic E-state index is -0.604. The normalized spacial score (nSPS) is 11.6. The van der Waals surface area contributed by atoms with Crippen LogP contribution in [0.25, 0.3) is 11.1 Å². The van der Waals surface area contributed by atoms with Crippen molar-refractivity contribution in [1.82, 2.24) is 9.88 Å². The summed E-state index contributed by atoms with van der Waals surface area (Å²) >= 11 is 0. The predicted molar refractivity (Wildman–Crippen MR) is 87.6 cm³/mol. The van der Waals surface area contributed by atoms with E-state index in [0.29, 0.717) is 18.5 Å². The van der Waals surface area contributed by atoms with Crippen molar-refractivity contribution in [3.05, 3.63) is 38.9 Å². The molecule has 0 fully saturated rings. The molecule has 0 aliphatic rings. The van der Waals surface area contributed by atoms with Gasteiger partial charge in [0, 0.05) is 31.1 Å². The summed E-state index contributed by atoms with van der Waals surface area (Å²) in [4.78, 5) is 33.9. The van der Waals surface area contributed by atoms with Crippen molar-refractivity contribution in [3.63, 3.8) is 0 Å². The number of nitrogens with two attached hydrogens (primary N) is 1. The molecule has 2 aromatic rings. The Kier molecular flexibility index (Phi) is 5.03. The van der Waals surface area contributed by atoms with Crippen LogP contribution in [0.1, 0.15) is 26.7 Å². The fourth-order valence-corrected chi connectivity index (χ4v) is 2.27. The van der Waals surface area contributed by atoms with Gasteiger partial charge in [-0.2, -0.15) is 0 Å². The monoisotopic (exact) mass is 336 g/mol. The van der Waals surface area contributed by atoms with E-state index >= 15 is 0 Å². The maximum atomic E-state index is 11.9. The van der Waals surface area contributed by atoms with Gasteiger partial charge in [-0.15, -0.1) is 0 Å². The first kappa shape index (κ1) is 17.7. The van der Waals surface area contributed by atoms with Gasteiger partial charge >= 0.3 is 5.76 Å². The number of oxazole rings is 1. The molecule has 0 aliphatic carbocycles. The fourth-order valence-electron chi connectivity index (χ4n) is 2.27. The Hall–Kier alpha value is -2.68. The fraction of sp³-hybridized carbons (Fsp3) is 0.467. The van der Waals surface area contributed by atoms with Gasteiger partial charge in [0.25, 0.3) is 5.69 Å². The van der Waals surface area contributed by atoms with Crippen molar-refractivity contribution in [1.29, 1.82) is 0 Å². The standard InChI is InChI=1S/C15H20N4O5/c1-15(2,9-16)17-13(20)4-3-7-18-11-6-5-10(19(22)23)8-12(11)24-14(18)21/h5-6,8H,3-4,7,9,16H2,1-2H3,(H,17,20). The Labute approximate surface area is 137 Å². The average Bonchev–Trinajstić information content (AvgIpc) is 2.82. The Balaban J connectivity index is 2.05. The number of amides is 1. The van der Waals surface area contributed by atoms with E-state index in [1.807, 2.05) is 13.8 Å². The number of carbonyl (C=O) groups excluding carboxylic acids is 1. The highest BCUT2D eigenvalue weighted by atomic mass is 16.6. The van der Waals surface area contributed by atoms with Crippen LogP contribution < -0.4 is 16.8 Å². The molecule has 9 nitrogen and oxygen atoms in total. The summed E-state index contributed by atoms with van der Waals surface area (Å²) in [6.45, 7) is 4.25. The molecule has 0 radical (unpaired) electrons. The van der Waals surface area contributed by atoms with E-state index in [0.717, 1.165) is 0 Å². The van der Waals surface area contributed by atoms with E-state index in [1.54, 1.807) is 0 Å². The highest BCUT2D eigenvalue weighted by Gasteiger charge is 2.18. The molecule has 130 valence electrons. The van der Waals surface area contributed by atoms with Crippen molar-refractivity contribution in [2.75, 3.05) is 6.54 Å². The van der Waals surface area contributed by atoms with Crippen LogP contribution in [-0.4, -0.2) is 27.5 Å². The quantitative estimate of drug-likeness (QED) is 0.575. The molecular formula is C15H20N4O5. The summed E-state index contributed by atoms with van der Waals surface area (Å²) in [7, 11) is 0. The van der Waals surface area contributed by atoms with Crippen LogP contribution in [0, 0.1) is 10.1 Å². The first-order valence-electron chi connectivity index (χ1n) is 7.52. The van der Waals surface area contributed by atoms with Crippen LogP contribution in [0.15, 0.2) is 27.4 Å². The van der Waals surface area contributed by atoms with Gasteiger partial charge in [0.15, 0.2) is 5.58 Å². The number of nitrogens with one attached hydrogen (secondary N) is 1. The number of hydrogen-bond acceptors (Lipinski definition) is 6. The third kappa shape index (κ3) is 3.99. The summed E-state index contributed by atoms with van der Waals surface area (Å²) in [6, 6.07) is 3.99. The molecule has 1 aromatic heterocycles. The molecule has 0 unspecified atom stereocenters. The van der Waals surface area contributed by atoms with E-state index in [-0.39, 0.29) is 30.1 Å². The summed E-state index contributed by atoms with van der Waals surface area (Å²) in [5.74, 6) is -0.755. The molecule has 0 spiro atoms. The predicted octanol–water partition coefficient (Wildman–Crippen LogP) is 1.14. The Morgan fingerprint density at radius 3 is 2.79 bits per heavy atom. The summed E-state index contributed by atoms with van der Waals surface area (Å²) < 4.78 is 6.39. The molecule has 0 aliphatic heterocycles. The molecule has 24 heavy (non-hydrogen) atoms. The van der Waals surface area contributed by atoms with Crippen molar-refractivity contribution < 1.29 is 14.1 Å². The molecule has 1 aromatic carbocycles. The summed E-state index contributed by atoms with van der Waals surface area (Å²) in [5, 5.41) is 13.6. The van der Waals surface area contributed by atoms with Crippen molar-refractivity contribution in [3.8, 4) is 0 Å². The number of aromatic nitrogens is 1. The van der Waals surface area contributed by atoms with E-state index in [9.17, 15) is 19.7 Å². The van der Waals surface area contributed by atoms with E-state index in [1.165, 1.54) is 22.8 Å². The second-order valence-electron chi connectivity index (χ2n) is 6.17. The second kappa shape index (κ2) is 6.83. The van der Waals surface area contributed by atoms with Gasteiger partial charge in [-0.1, -0.05) is 0 Å². The number of rotatable bonds is 7. The number of aryl methyl sites for hydroxylation is 1. The molecule has 2 rings (SSSR count).